The van der Waals surface area contributed by atoms with Crippen LogP contribution in [0.15, 0.2) is 0 Å². The van der Waals surface area contributed by atoms with E-state index in [0.717, 1.165) is 0 Å². The predicted octanol–water partition coefficient (Wildman–Crippen LogP) is -0.388. The van der Waals surface area contributed by atoms with Gasteiger partial charge in [-0.3, -0.25) is 0 Å². The van der Waals surface area contributed by atoms with Gasteiger partial charge in [0.05, 0.1) is 0 Å². The molecule has 0 rings (SSSR count). The second-order valence-corrected chi connectivity index (χ2v) is 0. The molecule has 0 aliphatic heterocycles. The van der Waals surface area contributed by atoms with Crippen LogP contribution >= 0.6 is 0 Å². The third-order valence-corrected chi connectivity index (χ3v) is 0. The molecule has 0 saturated carbocycles. The van der Waals surface area contributed by atoms with Crippen molar-refractivity contribution in [2.24, 2.45) is 0 Å². The molecule has 0 N–H and O–H groups in total. The first-order chi connectivity index (χ1) is 0. The molecule has 0 unspecified atom stereocenters. The van der Waals surface area contributed by atoms with Crippen molar-refractivity contribution in [1.82, 2.24) is 0 Å². The van der Waals surface area contributed by atoms with Gasteiger partial charge in [-0.05, 0) is 0 Å². The number of rotatable bonds is 0. The Bertz CT molecular complexity index is 8.00. The SMILES string of the molecule is [Cd+2].[Hg+].[Te-2].[Zn+2]. The zero-order valence-electron chi connectivity index (χ0n) is 2.53. The summed E-state index contributed by atoms with van der Waals surface area (Å²) in [6, 6.07) is 0. The van der Waals surface area contributed by atoms with Crippen LogP contribution in [0.2, 0.25) is 0 Å². The summed E-state index contributed by atoms with van der Waals surface area (Å²) < 4.78 is 0. The second kappa shape index (κ2) is 16.3. The molecule has 4 heteroatoms. The first-order valence-electron chi connectivity index (χ1n) is 0. The molecule has 0 saturated heterocycles. The fraction of sp³-hybridized carbons (Fsp3) is 0. The van der Waals surface area contributed by atoms with E-state index >= 15 is 0 Å². The normalized spacial score (nSPS) is 0. The van der Waals surface area contributed by atoms with E-state index in [1.54, 1.807) is 0 Å². The van der Waals surface area contributed by atoms with E-state index in [1.807, 2.05) is 0 Å². The van der Waals surface area contributed by atoms with Crippen molar-refractivity contribution in [3.63, 3.8) is 0 Å². The van der Waals surface area contributed by atoms with Gasteiger partial charge in [0, 0.05) is 0 Å². The summed E-state index contributed by atoms with van der Waals surface area (Å²) >= 11 is 0. The Labute approximate surface area is 96.0 Å². The van der Waals surface area contributed by atoms with Gasteiger partial charge in [0.1, 0.15) is 0 Å². The van der Waals surface area contributed by atoms with Gasteiger partial charge in [-0.15, -0.1) is 0 Å². The molecule has 9 valence electrons. The van der Waals surface area contributed by atoms with Crippen LogP contribution in [0.25, 0.3) is 0 Å². The van der Waals surface area contributed by atoms with Crippen molar-refractivity contribution in [3.05, 3.63) is 0 Å². The van der Waals surface area contributed by atoms with E-state index in [9.17, 15) is 0 Å². The van der Waals surface area contributed by atoms with Crippen molar-refractivity contribution in [1.29, 1.82) is 0 Å². The second-order valence-electron chi connectivity index (χ2n) is 0. The molecule has 0 aromatic carbocycles. The van der Waals surface area contributed by atoms with E-state index in [-0.39, 0.29) is 98.1 Å². The van der Waals surface area contributed by atoms with E-state index < -0.39 is 0 Å². The average molecular weight is 506 g/mol. The van der Waals surface area contributed by atoms with Gasteiger partial charge >= 0.3 is 74.4 Å². The molecule has 0 bridgehead atoms. The van der Waals surface area contributed by atoms with Crippen LogP contribution in [0.5, 0.6) is 0 Å². The van der Waals surface area contributed by atoms with Gasteiger partial charge in [0.25, 0.3) is 0 Å². The van der Waals surface area contributed by atoms with Crippen LogP contribution in [0.4, 0.5) is 0 Å². The Balaban J connectivity index is 0. The Hall–Kier alpha value is 3.27. The molecule has 0 atom stereocenters. The Morgan fingerprint density at radius 1 is 1.00 bits per heavy atom. The summed E-state index contributed by atoms with van der Waals surface area (Å²) in [5.74, 6) is 0. The van der Waals surface area contributed by atoms with Gasteiger partial charge in [-0.2, -0.15) is 0 Å². The third-order valence-electron chi connectivity index (χ3n) is 0. The van der Waals surface area contributed by atoms with Crippen molar-refractivity contribution in [2.75, 3.05) is 0 Å². The van der Waals surface area contributed by atoms with E-state index in [2.05, 4.69) is 0 Å². The van der Waals surface area contributed by atoms with Crippen LogP contribution in [0, 0.1) is 0 Å². The Morgan fingerprint density at radius 3 is 1.00 bits per heavy atom. The van der Waals surface area contributed by atoms with E-state index in [0.29, 0.717) is 0 Å². The molecule has 0 nitrogen and oxygen atoms in total. The zero-order chi connectivity index (χ0) is 0. The zero-order valence-corrected chi connectivity index (χ0v) is 17.4. The molecule has 0 aromatic heterocycles. The molecule has 0 fully saturated rings. The first-order valence-corrected chi connectivity index (χ1v) is 0. The van der Waals surface area contributed by atoms with E-state index in [1.165, 1.54) is 0 Å². The average Bonchev–Trinajstić information content (AvgIpc) is 0. The van der Waals surface area contributed by atoms with Crippen molar-refractivity contribution in [3.8, 4) is 0 Å². The summed E-state index contributed by atoms with van der Waals surface area (Å²) in [4.78, 5) is 0. The maximum atomic E-state index is 0. The Kier molecular flexibility index (Phi) is 109. The van der Waals surface area contributed by atoms with Gasteiger partial charge in [-0.25, -0.2) is 0 Å². The first kappa shape index (κ1) is 26.7. The maximum Gasteiger partial charge on any atom is 2.00 e. The molecular weight excluding hydrogens is 506 g/mol. The quantitative estimate of drug-likeness (QED) is 0.394. The molecule has 0 spiro atoms. The number of hydrogen-bond donors (Lipinski definition) is 0. The smallest absolute Gasteiger partial charge is 2.00 e. The van der Waals surface area contributed by atoms with Crippen molar-refractivity contribution < 1.29 is 74.4 Å². The minimum Gasteiger partial charge on any atom is -2.00 e. The fourth-order valence-corrected chi connectivity index (χ4v) is 0. The molecule has 0 heterocycles. The molecule has 1 radical (unpaired) electrons. The van der Waals surface area contributed by atoms with Crippen LogP contribution < -0.4 is 0 Å². The van der Waals surface area contributed by atoms with Crippen LogP contribution in [-0.2, 0) is 74.4 Å². The van der Waals surface area contributed by atoms with Crippen molar-refractivity contribution in [2.45, 2.75) is 0 Å². The van der Waals surface area contributed by atoms with E-state index in [4.69, 9.17) is 0 Å². The van der Waals surface area contributed by atoms with Gasteiger partial charge in [0.2, 0.25) is 0 Å². The topological polar surface area (TPSA) is 0 Å². The van der Waals surface area contributed by atoms with Crippen molar-refractivity contribution >= 4 is 23.7 Å². The fourth-order valence-electron chi connectivity index (χ4n) is 0. The standard InChI is InChI=1S/Cd.Hg.Te.Zn/q+2;+1;-2;+2. The van der Waals surface area contributed by atoms with Crippen LogP contribution in [-0.4, -0.2) is 23.7 Å². The monoisotopic (exact) mass is 510 g/mol. The predicted molar refractivity (Wildman–Crippen MR) is 5.75 cm³/mol. The van der Waals surface area contributed by atoms with Gasteiger partial charge in [0.15, 0.2) is 0 Å². The largest absolute Gasteiger partial charge is 2.00 e. The van der Waals surface area contributed by atoms with Crippen LogP contribution in [0.3, 0.4) is 0 Å². The van der Waals surface area contributed by atoms with Gasteiger partial charge < -0.3 is 23.7 Å². The van der Waals surface area contributed by atoms with Crippen LogP contribution in [0.1, 0.15) is 0 Å². The molecule has 0 amide bonds. The minimum atomic E-state index is 0. The summed E-state index contributed by atoms with van der Waals surface area (Å²) in [5, 5.41) is 0. The number of hydrogen-bond acceptors (Lipinski definition) is 0. The third kappa shape index (κ3) is 8.99. The Morgan fingerprint density at radius 2 is 1.00 bits per heavy atom. The molecule has 0 aromatic rings. The summed E-state index contributed by atoms with van der Waals surface area (Å²) in [6.45, 7) is 0. The molecule has 0 aliphatic carbocycles. The van der Waals surface area contributed by atoms with Gasteiger partial charge in [-0.1, -0.05) is 0 Å². The molecule has 4 heavy (non-hydrogen) atoms. The maximum absolute atomic E-state index is 0. The summed E-state index contributed by atoms with van der Waals surface area (Å²) in [7, 11) is 0. The minimum absolute atomic E-state index is 0. The summed E-state index contributed by atoms with van der Waals surface area (Å²) in [5.41, 5.74) is 0. The molecule has 0 aliphatic rings. The summed E-state index contributed by atoms with van der Waals surface area (Å²) in [6.07, 6.45) is 0. The molecular formula is CdHgTeZn+3.